The summed E-state index contributed by atoms with van der Waals surface area (Å²) < 4.78 is 15.3. The van der Waals surface area contributed by atoms with E-state index >= 15 is 0 Å². The fraction of sp³-hybridized carbons (Fsp3) is 0.231. The van der Waals surface area contributed by atoms with E-state index in [-0.39, 0.29) is 12.4 Å². The number of halogens is 1. The van der Waals surface area contributed by atoms with Crippen LogP contribution in [0.3, 0.4) is 0 Å². The van der Waals surface area contributed by atoms with Crippen molar-refractivity contribution in [2.75, 3.05) is 6.61 Å². The number of aryl methyl sites for hydroxylation is 1. The number of aliphatic hydroxyl groups excluding tert-OH is 1. The lowest BCUT2D eigenvalue weighted by Crippen LogP contribution is -1.92. The van der Waals surface area contributed by atoms with E-state index in [0.717, 1.165) is 10.7 Å². The SMILES string of the molecule is Cn1cnnc1SCc1ccc(F)c(C#CCO)c1. The highest BCUT2D eigenvalue weighted by atomic mass is 32.2. The van der Waals surface area contributed by atoms with E-state index < -0.39 is 0 Å². The first-order valence-corrected chi connectivity index (χ1v) is 6.54. The molecule has 0 radical (unpaired) electrons. The Morgan fingerprint density at radius 3 is 3.00 bits per heavy atom. The Balaban J connectivity index is 2.11. The zero-order valence-corrected chi connectivity index (χ0v) is 11.1. The Bertz CT molecular complexity index is 630. The van der Waals surface area contributed by atoms with Gasteiger partial charge in [0.15, 0.2) is 5.16 Å². The summed E-state index contributed by atoms with van der Waals surface area (Å²) in [5.41, 5.74) is 1.24. The predicted octanol–water partition coefficient (Wildman–Crippen LogP) is 1.59. The zero-order valence-electron chi connectivity index (χ0n) is 10.3. The number of aromatic nitrogens is 3. The smallest absolute Gasteiger partial charge is 0.191 e. The van der Waals surface area contributed by atoms with Crippen molar-refractivity contribution in [2.45, 2.75) is 10.9 Å². The van der Waals surface area contributed by atoms with Crippen LogP contribution in [0.2, 0.25) is 0 Å². The Morgan fingerprint density at radius 2 is 2.32 bits per heavy atom. The van der Waals surface area contributed by atoms with E-state index in [0.29, 0.717) is 11.3 Å². The maximum Gasteiger partial charge on any atom is 0.191 e. The number of hydrogen-bond acceptors (Lipinski definition) is 4. The summed E-state index contributed by atoms with van der Waals surface area (Å²) >= 11 is 1.51. The van der Waals surface area contributed by atoms with Crippen molar-refractivity contribution >= 4 is 11.8 Å². The number of nitrogens with zero attached hydrogens (tertiary/aromatic N) is 3. The Labute approximate surface area is 114 Å². The molecule has 0 spiro atoms. The third kappa shape index (κ3) is 3.56. The summed E-state index contributed by atoms with van der Waals surface area (Å²) in [4.78, 5) is 0. The lowest BCUT2D eigenvalue weighted by molar-refractivity contribution is 0.350. The van der Waals surface area contributed by atoms with Crippen LogP contribution in [0.15, 0.2) is 29.7 Å². The third-order valence-electron chi connectivity index (χ3n) is 2.37. The van der Waals surface area contributed by atoms with Crippen LogP contribution in [0.25, 0.3) is 0 Å². The molecule has 0 aliphatic carbocycles. The molecule has 0 fully saturated rings. The largest absolute Gasteiger partial charge is 0.384 e. The highest BCUT2D eigenvalue weighted by Crippen LogP contribution is 2.21. The lowest BCUT2D eigenvalue weighted by atomic mass is 10.1. The minimum atomic E-state index is -0.381. The van der Waals surface area contributed by atoms with Gasteiger partial charge in [0.1, 0.15) is 18.8 Å². The molecule has 0 amide bonds. The molecular formula is C13H12FN3OS. The van der Waals surface area contributed by atoms with E-state index in [4.69, 9.17) is 5.11 Å². The molecule has 6 heteroatoms. The molecule has 0 unspecified atom stereocenters. The molecule has 1 aromatic heterocycles. The van der Waals surface area contributed by atoms with Crippen molar-refractivity contribution in [1.29, 1.82) is 0 Å². The van der Waals surface area contributed by atoms with Crippen molar-refractivity contribution in [2.24, 2.45) is 7.05 Å². The Kier molecular flexibility index (Phi) is 4.55. The van der Waals surface area contributed by atoms with Gasteiger partial charge in [-0.15, -0.1) is 10.2 Å². The number of aliphatic hydroxyl groups is 1. The van der Waals surface area contributed by atoms with Crippen LogP contribution in [0.4, 0.5) is 4.39 Å². The molecular weight excluding hydrogens is 265 g/mol. The van der Waals surface area contributed by atoms with E-state index in [1.165, 1.54) is 17.8 Å². The number of benzene rings is 1. The fourth-order valence-electron chi connectivity index (χ4n) is 1.44. The molecule has 1 aromatic carbocycles. The third-order valence-corrected chi connectivity index (χ3v) is 3.48. The van der Waals surface area contributed by atoms with E-state index in [1.54, 1.807) is 18.5 Å². The second kappa shape index (κ2) is 6.36. The van der Waals surface area contributed by atoms with Gasteiger partial charge >= 0.3 is 0 Å². The van der Waals surface area contributed by atoms with E-state index in [9.17, 15) is 4.39 Å². The Morgan fingerprint density at radius 1 is 1.47 bits per heavy atom. The molecule has 2 rings (SSSR count). The van der Waals surface area contributed by atoms with Crippen LogP contribution < -0.4 is 0 Å². The van der Waals surface area contributed by atoms with Crippen molar-refractivity contribution in [3.05, 3.63) is 41.5 Å². The molecule has 98 valence electrons. The highest BCUT2D eigenvalue weighted by molar-refractivity contribution is 7.98. The zero-order chi connectivity index (χ0) is 13.7. The van der Waals surface area contributed by atoms with Gasteiger partial charge in [0.25, 0.3) is 0 Å². The molecule has 0 aliphatic heterocycles. The molecule has 1 heterocycles. The van der Waals surface area contributed by atoms with Gasteiger partial charge < -0.3 is 9.67 Å². The number of thioether (sulfide) groups is 1. The normalized spacial score (nSPS) is 10.1. The number of rotatable bonds is 3. The maximum absolute atomic E-state index is 13.5. The van der Waals surface area contributed by atoms with Crippen LogP contribution in [-0.4, -0.2) is 26.5 Å². The summed E-state index contributed by atoms with van der Waals surface area (Å²) in [5, 5.41) is 17.2. The molecule has 19 heavy (non-hydrogen) atoms. The van der Waals surface area contributed by atoms with Crippen molar-refractivity contribution in [3.8, 4) is 11.8 Å². The lowest BCUT2D eigenvalue weighted by Gasteiger charge is -2.02. The van der Waals surface area contributed by atoms with Gasteiger partial charge in [0.05, 0.1) is 5.56 Å². The first kappa shape index (κ1) is 13.6. The minimum absolute atomic E-state index is 0.280. The second-order valence-electron chi connectivity index (χ2n) is 3.79. The summed E-state index contributed by atoms with van der Waals surface area (Å²) in [6, 6.07) is 4.78. The number of hydrogen-bond donors (Lipinski definition) is 1. The first-order valence-electron chi connectivity index (χ1n) is 5.55. The summed E-state index contributed by atoms with van der Waals surface area (Å²) in [6.07, 6.45) is 1.63. The minimum Gasteiger partial charge on any atom is -0.384 e. The summed E-state index contributed by atoms with van der Waals surface area (Å²) in [5.74, 6) is 5.31. The predicted molar refractivity (Wildman–Crippen MR) is 70.9 cm³/mol. The standard InChI is InChI=1S/C13H12FN3OS/c1-17-9-15-16-13(17)19-8-10-4-5-12(14)11(7-10)3-2-6-18/h4-5,7,9,18H,6,8H2,1H3. The van der Waals surface area contributed by atoms with E-state index in [1.807, 2.05) is 11.6 Å². The van der Waals surface area contributed by atoms with Gasteiger partial charge in [0, 0.05) is 12.8 Å². The average molecular weight is 277 g/mol. The van der Waals surface area contributed by atoms with Crippen molar-refractivity contribution in [3.63, 3.8) is 0 Å². The fourth-order valence-corrected chi connectivity index (χ4v) is 2.27. The van der Waals surface area contributed by atoms with Crippen LogP contribution in [0.1, 0.15) is 11.1 Å². The van der Waals surface area contributed by atoms with Crippen molar-refractivity contribution < 1.29 is 9.50 Å². The van der Waals surface area contributed by atoms with Crippen LogP contribution in [0.5, 0.6) is 0 Å². The summed E-state index contributed by atoms with van der Waals surface area (Å²) in [6.45, 7) is -0.280. The average Bonchev–Trinajstić information content (AvgIpc) is 2.82. The Hall–Kier alpha value is -1.84. The van der Waals surface area contributed by atoms with Gasteiger partial charge in [-0.1, -0.05) is 29.7 Å². The second-order valence-corrected chi connectivity index (χ2v) is 4.73. The molecule has 4 nitrogen and oxygen atoms in total. The topological polar surface area (TPSA) is 50.9 Å². The summed E-state index contributed by atoms with van der Waals surface area (Å²) in [7, 11) is 1.87. The van der Waals surface area contributed by atoms with Crippen LogP contribution in [0, 0.1) is 17.7 Å². The van der Waals surface area contributed by atoms with Crippen molar-refractivity contribution in [1.82, 2.24) is 14.8 Å². The van der Waals surface area contributed by atoms with Gasteiger partial charge in [-0.3, -0.25) is 0 Å². The van der Waals surface area contributed by atoms with Crippen LogP contribution in [-0.2, 0) is 12.8 Å². The van der Waals surface area contributed by atoms with Crippen LogP contribution >= 0.6 is 11.8 Å². The quantitative estimate of drug-likeness (QED) is 0.684. The molecule has 2 aromatic rings. The molecule has 0 bridgehead atoms. The van der Waals surface area contributed by atoms with Gasteiger partial charge in [-0.25, -0.2) is 4.39 Å². The molecule has 0 aliphatic rings. The molecule has 0 saturated carbocycles. The molecule has 1 N–H and O–H groups in total. The highest BCUT2D eigenvalue weighted by Gasteiger charge is 2.05. The molecule has 0 atom stereocenters. The monoisotopic (exact) mass is 277 g/mol. The maximum atomic E-state index is 13.5. The van der Waals surface area contributed by atoms with Gasteiger partial charge in [0.2, 0.25) is 0 Å². The first-order chi connectivity index (χ1) is 9.20. The molecule has 0 saturated heterocycles. The van der Waals surface area contributed by atoms with E-state index in [2.05, 4.69) is 22.0 Å². The van der Waals surface area contributed by atoms with Gasteiger partial charge in [-0.2, -0.15) is 0 Å². The van der Waals surface area contributed by atoms with Gasteiger partial charge in [-0.05, 0) is 17.7 Å².